The third-order valence-corrected chi connectivity index (χ3v) is 3.24. The first-order valence-electron chi connectivity index (χ1n) is 5.42. The van der Waals surface area contributed by atoms with Crippen LogP contribution in [-0.4, -0.2) is 48.2 Å². The van der Waals surface area contributed by atoms with Crippen molar-refractivity contribution < 1.29 is 9.90 Å². The van der Waals surface area contributed by atoms with E-state index in [1.165, 1.54) is 0 Å². The van der Waals surface area contributed by atoms with Crippen LogP contribution in [0.15, 0.2) is 0 Å². The highest BCUT2D eigenvalue weighted by atomic mass is 16.3. The SMILES string of the molecule is O=C(CC1CNC1)N1CCC[C@H]1CO. The van der Waals surface area contributed by atoms with E-state index < -0.39 is 0 Å². The fraction of sp³-hybridized carbons (Fsp3) is 0.900. The molecule has 2 N–H and O–H groups in total. The maximum Gasteiger partial charge on any atom is 0.223 e. The summed E-state index contributed by atoms with van der Waals surface area (Å²) in [5, 5.41) is 12.2. The number of carbonyl (C=O) groups excluding carboxylic acids is 1. The molecule has 2 fully saturated rings. The molecule has 0 aliphatic carbocycles. The van der Waals surface area contributed by atoms with Crippen molar-refractivity contribution >= 4 is 5.91 Å². The molecule has 14 heavy (non-hydrogen) atoms. The predicted molar refractivity (Wildman–Crippen MR) is 52.8 cm³/mol. The van der Waals surface area contributed by atoms with Gasteiger partial charge in [-0.1, -0.05) is 0 Å². The van der Waals surface area contributed by atoms with Gasteiger partial charge in [-0.05, 0) is 31.8 Å². The average molecular weight is 198 g/mol. The van der Waals surface area contributed by atoms with Crippen molar-refractivity contribution in [2.75, 3.05) is 26.2 Å². The second-order valence-electron chi connectivity index (χ2n) is 4.29. The van der Waals surface area contributed by atoms with Crippen LogP contribution < -0.4 is 5.32 Å². The standard InChI is InChI=1S/C10H18N2O2/c13-7-9-2-1-3-12(9)10(14)4-8-5-11-6-8/h8-9,11,13H,1-7H2/t9-/m0/s1. The van der Waals surface area contributed by atoms with Gasteiger partial charge in [0.2, 0.25) is 5.91 Å². The minimum atomic E-state index is 0.0931. The molecule has 2 heterocycles. The number of amides is 1. The molecule has 0 unspecified atom stereocenters. The molecule has 80 valence electrons. The van der Waals surface area contributed by atoms with Crippen LogP contribution in [0.4, 0.5) is 0 Å². The van der Waals surface area contributed by atoms with Crippen molar-refractivity contribution in [1.82, 2.24) is 10.2 Å². The van der Waals surface area contributed by atoms with E-state index in [-0.39, 0.29) is 18.6 Å². The lowest BCUT2D eigenvalue weighted by Crippen LogP contribution is -2.46. The van der Waals surface area contributed by atoms with Crippen molar-refractivity contribution in [3.8, 4) is 0 Å². The Kier molecular flexibility index (Phi) is 3.03. The molecule has 2 rings (SSSR count). The van der Waals surface area contributed by atoms with Crippen LogP contribution in [0.25, 0.3) is 0 Å². The van der Waals surface area contributed by atoms with Crippen LogP contribution in [0.1, 0.15) is 19.3 Å². The number of likely N-dealkylation sites (tertiary alicyclic amines) is 1. The Bertz CT molecular complexity index is 216. The smallest absolute Gasteiger partial charge is 0.223 e. The Labute approximate surface area is 84.3 Å². The molecule has 0 bridgehead atoms. The van der Waals surface area contributed by atoms with Gasteiger partial charge in [0.05, 0.1) is 12.6 Å². The van der Waals surface area contributed by atoms with Gasteiger partial charge < -0.3 is 15.3 Å². The van der Waals surface area contributed by atoms with Gasteiger partial charge in [-0.15, -0.1) is 0 Å². The maximum atomic E-state index is 11.8. The summed E-state index contributed by atoms with van der Waals surface area (Å²) in [7, 11) is 0. The Balaban J connectivity index is 1.83. The van der Waals surface area contributed by atoms with E-state index in [2.05, 4.69) is 5.32 Å². The van der Waals surface area contributed by atoms with Crippen LogP contribution in [0, 0.1) is 5.92 Å². The molecule has 0 saturated carbocycles. The number of aliphatic hydroxyl groups is 1. The summed E-state index contributed by atoms with van der Waals surface area (Å²) < 4.78 is 0. The van der Waals surface area contributed by atoms with Gasteiger partial charge >= 0.3 is 0 Å². The highest BCUT2D eigenvalue weighted by Crippen LogP contribution is 2.20. The molecule has 0 radical (unpaired) electrons. The van der Waals surface area contributed by atoms with Crippen molar-refractivity contribution in [2.45, 2.75) is 25.3 Å². The summed E-state index contributed by atoms with van der Waals surface area (Å²) in [6, 6.07) is 0.0931. The second kappa shape index (κ2) is 4.28. The quantitative estimate of drug-likeness (QED) is 0.647. The summed E-state index contributed by atoms with van der Waals surface area (Å²) in [6.07, 6.45) is 2.66. The van der Waals surface area contributed by atoms with Crippen molar-refractivity contribution in [3.05, 3.63) is 0 Å². The van der Waals surface area contributed by atoms with E-state index in [0.717, 1.165) is 32.5 Å². The molecule has 2 aliphatic rings. The molecule has 0 aromatic heterocycles. The third kappa shape index (κ3) is 1.91. The molecule has 0 aromatic carbocycles. The normalized spacial score (nSPS) is 27.8. The highest BCUT2D eigenvalue weighted by Gasteiger charge is 2.30. The lowest BCUT2D eigenvalue weighted by Gasteiger charge is -2.30. The Morgan fingerprint density at radius 3 is 2.86 bits per heavy atom. The minimum Gasteiger partial charge on any atom is -0.394 e. The highest BCUT2D eigenvalue weighted by molar-refractivity contribution is 5.77. The van der Waals surface area contributed by atoms with Gasteiger partial charge in [0, 0.05) is 13.0 Å². The summed E-state index contributed by atoms with van der Waals surface area (Å²) in [5.41, 5.74) is 0. The summed E-state index contributed by atoms with van der Waals surface area (Å²) in [4.78, 5) is 13.7. The number of hydrogen-bond acceptors (Lipinski definition) is 3. The largest absolute Gasteiger partial charge is 0.394 e. The molecule has 0 aromatic rings. The van der Waals surface area contributed by atoms with E-state index >= 15 is 0 Å². The number of nitrogens with zero attached hydrogens (tertiary/aromatic N) is 1. The van der Waals surface area contributed by atoms with E-state index in [0.29, 0.717) is 12.3 Å². The summed E-state index contributed by atoms with van der Waals surface area (Å²) >= 11 is 0. The van der Waals surface area contributed by atoms with Crippen molar-refractivity contribution in [3.63, 3.8) is 0 Å². The molecular weight excluding hydrogens is 180 g/mol. The van der Waals surface area contributed by atoms with Crippen LogP contribution in [-0.2, 0) is 4.79 Å². The minimum absolute atomic E-state index is 0.0931. The van der Waals surface area contributed by atoms with Gasteiger partial charge in [0.1, 0.15) is 0 Å². The van der Waals surface area contributed by atoms with Crippen molar-refractivity contribution in [2.24, 2.45) is 5.92 Å². The van der Waals surface area contributed by atoms with Crippen LogP contribution in [0.2, 0.25) is 0 Å². The zero-order valence-corrected chi connectivity index (χ0v) is 8.41. The second-order valence-corrected chi connectivity index (χ2v) is 4.29. The van der Waals surface area contributed by atoms with Gasteiger partial charge in [0.15, 0.2) is 0 Å². The summed E-state index contributed by atoms with van der Waals surface area (Å²) in [5.74, 6) is 0.760. The first-order chi connectivity index (χ1) is 6.81. The number of aliphatic hydroxyl groups excluding tert-OH is 1. The lowest BCUT2D eigenvalue weighted by atomic mass is 9.98. The maximum absolute atomic E-state index is 11.8. The van der Waals surface area contributed by atoms with E-state index in [1.807, 2.05) is 4.90 Å². The van der Waals surface area contributed by atoms with Crippen LogP contribution in [0.5, 0.6) is 0 Å². The molecule has 1 amide bonds. The predicted octanol–water partition coefficient (Wildman–Crippen LogP) is -0.421. The van der Waals surface area contributed by atoms with Gasteiger partial charge in [0.25, 0.3) is 0 Å². The Morgan fingerprint density at radius 2 is 2.29 bits per heavy atom. The first kappa shape index (κ1) is 9.93. The van der Waals surface area contributed by atoms with E-state index in [4.69, 9.17) is 5.11 Å². The van der Waals surface area contributed by atoms with Crippen LogP contribution >= 0.6 is 0 Å². The number of carbonyl (C=O) groups is 1. The van der Waals surface area contributed by atoms with Crippen molar-refractivity contribution in [1.29, 1.82) is 0 Å². The zero-order valence-electron chi connectivity index (χ0n) is 8.41. The van der Waals surface area contributed by atoms with E-state index in [1.54, 1.807) is 0 Å². The molecule has 4 nitrogen and oxygen atoms in total. The van der Waals surface area contributed by atoms with E-state index in [9.17, 15) is 4.79 Å². The molecule has 1 atom stereocenters. The lowest BCUT2D eigenvalue weighted by molar-refractivity contribution is -0.134. The van der Waals surface area contributed by atoms with Gasteiger partial charge in [-0.3, -0.25) is 4.79 Å². The number of hydrogen-bond donors (Lipinski definition) is 2. The van der Waals surface area contributed by atoms with Crippen LogP contribution in [0.3, 0.4) is 0 Å². The molecule has 2 saturated heterocycles. The first-order valence-corrected chi connectivity index (χ1v) is 5.42. The number of rotatable bonds is 3. The molecule has 4 heteroatoms. The Morgan fingerprint density at radius 1 is 1.50 bits per heavy atom. The third-order valence-electron chi connectivity index (χ3n) is 3.24. The fourth-order valence-corrected chi connectivity index (χ4v) is 2.21. The molecule has 2 aliphatic heterocycles. The summed E-state index contributed by atoms with van der Waals surface area (Å²) in [6.45, 7) is 2.91. The average Bonchev–Trinajstić information content (AvgIpc) is 2.58. The number of nitrogens with one attached hydrogen (secondary N) is 1. The Hall–Kier alpha value is -0.610. The topological polar surface area (TPSA) is 52.6 Å². The zero-order chi connectivity index (χ0) is 9.97. The van der Waals surface area contributed by atoms with Gasteiger partial charge in [-0.25, -0.2) is 0 Å². The molecule has 0 spiro atoms. The van der Waals surface area contributed by atoms with Gasteiger partial charge in [-0.2, -0.15) is 0 Å². The molecular formula is C10H18N2O2. The fourth-order valence-electron chi connectivity index (χ4n) is 2.21. The monoisotopic (exact) mass is 198 g/mol.